The molecule has 4 N–H and O–H groups in total. The van der Waals surface area contributed by atoms with Gasteiger partial charge in [-0.25, -0.2) is 4.79 Å². The predicted octanol–water partition coefficient (Wildman–Crippen LogP) is -5.12. The first-order valence-electron chi connectivity index (χ1n) is 3.13. The Morgan fingerprint density at radius 1 is 1.07 bits per heavy atom. The Hall–Kier alpha value is -0.410. The SMILES string of the molecule is O.O=C([O-])CC(O)(CC(=O)[O-])C(=O)O.[Ca+2]. The third-order valence-corrected chi connectivity index (χ3v) is 1.27. The van der Waals surface area contributed by atoms with Gasteiger partial charge in [-0.3, -0.25) is 0 Å². The van der Waals surface area contributed by atoms with Gasteiger partial charge in [-0.1, -0.05) is 0 Å². The summed E-state index contributed by atoms with van der Waals surface area (Å²) in [6.45, 7) is 0. The van der Waals surface area contributed by atoms with Crippen molar-refractivity contribution in [1.29, 1.82) is 0 Å². The van der Waals surface area contributed by atoms with Crippen LogP contribution in [0.3, 0.4) is 0 Å². The number of aliphatic hydroxyl groups is 1. The number of hydrogen-bond acceptors (Lipinski definition) is 6. The molecular formula is C6H8CaO8. The van der Waals surface area contributed by atoms with Crippen LogP contribution in [0.15, 0.2) is 0 Å². The van der Waals surface area contributed by atoms with Gasteiger partial charge in [-0.15, -0.1) is 0 Å². The summed E-state index contributed by atoms with van der Waals surface area (Å²) in [6, 6.07) is 0. The summed E-state index contributed by atoms with van der Waals surface area (Å²) < 4.78 is 0. The average molecular weight is 248 g/mol. The third-order valence-electron chi connectivity index (χ3n) is 1.27. The molecule has 0 aromatic carbocycles. The number of aliphatic carboxylic acids is 3. The van der Waals surface area contributed by atoms with Crippen molar-refractivity contribution in [3.8, 4) is 0 Å². The number of carbonyl (C=O) groups is 3. The summed E-state index contributed by atoms with van der Waals surface area (Å²) in [5, 5.41) is 37.2. The van der Waals surface area contributed by atoms with Crippen molar-refractivity contribution in [2.24, 2.45) is 0 Å². The maximum absolute atomic E-state index is 10.3. The van der Waals surface area contributed by atoms with Crippen LogP contribution in [0, 0.1) is 0 Å². The van der Waals surface area contributed by atoms with Gasteiger partial charge in [0.2, 0.25) is 0 Å². The topological polar surface area (TPSA) is 169 Å². The summed E-state index contributed by atoms with van der Waals surface area (Å²) in [5.41, 5.74) is -2.86. The van der Waals surface area contributed by atoms with Gasteiger partial charge in [0.25, 0.3) is 0 Å². The zero-order chi connectivity index (χ0) is 10.6. The molecule has 0 aliphatic heterocycles. The van der Waals surface area contributed by atoms with Crippen LogP contribution in [-0.4, -0.2) is 76.9 Å². The summed E-state index contributed by atoms with van der Waals surface area (Å²) in [5.74, 6) is -5.65. The molecule has 82 valence electrons. The monoisotopic (exact) mass is 248 g/mol. The molecule has 9 heteroatoms. The van der Waals surface area contributed by atoms with Gasteiger partial charge in [0.15, 0.2) is 5.60 Å². The van der Waals surface area contributed by atoms with Gasteiger partial charge in [0.1, 0.15) is 0 Å². The van der Waals surface area contributed by atoms with Crippen LogP contribution >= 0.6 is 0 Å². The number of rotatable bonds is 5. The first-order valence-corrected chi connectivity index (χ1v) is 3.13. The van der Waals surface area contributed by atoms with Gasteiger partial charge in [-0.05, 0) is 0 Å². The van der Waals surface area contributed by atoms with E-state index in [1.807, 2.05) is 0 Å². The first kappa shape index (κ1) is 20.1. The minimum atomic E-state index is -2.86. The molecule has 0 aromatic heterocycles. The number of carboxylic acids is 3. The second-order valence-electron chi connectivity index (χ2n) is 2.43. The van der Waals surface area contributed by atoms with Gasteiger partial charge < -0.3 is 35.5 Å². The van der Waals surface area contributed by atoms with Crippen LogP contribution in [0.2, 0.25) is 0 Å². The van der Waals surface area contributed by atoms with E-state index in [9.17, 15) is 24.6 Å². The molecule has 0 amide bonds. The van der Waals surface area contributed by atoms with E-state index >= 15 is 0 Å². The molecule has 0 aliphatic carbocycles. The van der Waals surface area contributed by atoms with Crippen LogP contribution in [0.1, 0.15) is 12.8 Å². The Morgan fingerprint density at radius 3 is 1.47 bits per heavy atom. The maximum Gasteiger partial charge on any atom is 2.00 e. The first-order chi connectivity index (χ1) is 5.78. The van der Waals surface area contributed by atoms with Crippen molar-refractivity contribution in [3.63, 3.8) is 0 Å². The largest absolute Gasteiger partial charge is 2.00 e. The molecule has 8 nitrogen and oxygen atoms in total. The second-order valence-corrected chi connectivity index (χ2v) is 2.43. The van der Waals surface area contributed by atoms with Crippen molar-refractivity contribution < 1.29 is 40.3 Å². The molecule has 0 saturated heterocycles. The van der Waals surface area contributed by atoms with E-state index in [-0.39, 0.29) is 43.2 Å². The zero-order valence-electron chi connectivity index (χ0n) is 7.56. The second kappa shape index (κ2) is 7.83. The predicted molar refractivity (Wildman–Crippen MR) is 41.2 cm³/mol. The van der Waals surface area contributed by atoms with Gasteiger partial charge in [0.05, 0.1) is 0 Å². The number of carbonyl (C=O) groups excluding carboxylic acids is 2. The molecule has 0 bridgehead atoms. The standard InChI is InChI=1S/C6H8O7.Ca.H2O/c7-3(8)1-6(13,5(11)12)2-4(9)10;;/h13H,1-2H2,(H,7,8)(H,9,10)(H,11,12);;1H2/q;+2;/p-2. The Bertz CT molecular complexity index is 234. The van der Waals surface area contributed by atoms with Gasteiger partial charge >= 0.3 is 43.7 Å². The smallest absolute Gasteiger partial charge is 0.550 e. The quantitative estimate of drug-likeness (QED) is 0.458. The number of hydrogen-bond donors (Lipinski definition) is 2. The fourth-order valence-electron chi connectivity index (χ4n) is 0.691. The molecule has 15 heavy (non-hydrogen) atoms. The molecule has 0 heterocycles. The van der Waals surface area contributed by atoms with E-state index in [0.717, 1.165) is 0 Å². The fraction of sp³-hybridized carbons (Fsp3) is 0.500. The van der Waals surface area contributed by atoms with Crippen molar-refractivity contribution in [3.05, 3.63) is 0 Å². The minimum Gasteiger partial charge on any atom is -0.550 e. The Balaban J connectivity index is -0.000000720. The fourth-order valence-corrected chi connectivity index (χ4v) is 0.691. The summed E-state index contributed by atoms with van der Waals surface area (Å²) in [6.07, 6.45) is -2.59. The molecule has 0 rings (SSSR count). The van der Waals surface area contributed by atoms with E-state index in [2.05, 4.69) is 0 Å². The minimum absolute atomic E-state index is 0. The third kappa shape index (κ3) is 7.51. The van der Waals surface area contributed by atoms with Crippen molar-refractivity contribution in [2.45, 2.75) is 18.4 Å². The Kier molecular flexibility index (Phi) is 10.5. The van der Waals surface area contributed by atoms with E-state index in [0.29, 0.717) is 0 Å². The van der Waals surface area contributed by atoms with Crippen LogP contribution in [-0.2, 0) is 14.4 Å². The summed E-state index contributed by atoms with van der Waals surface area (Å²) in [4.78, 5) is 30.2. The molecule has 0 radical (unpaired) electrons. The van der Waals surface area contributed by atoms with Crippen molar-refractivity contribution >= 4 is 55.6 Å². The summed E-state index contributed by atoms with van der Waals surface area (Å²) in [7, 11) is 0. The van der Waals surface area contributed by atoms with Crippen LogP contribution < -0.4 is 10.2 Å². The number of carboxylic acid groups (broad SMARTS) is 3. The molecule has 0 aliphatic rings. The van der Waals surface area contributed by atoms with E-state index < -0.39 is 36.4 Å². The summed E-state index contributed by atoms with van der Waals surface area (Å²) >= 11 is 0. The van der Waals surface area contributed by atoms with E-state index in [1.165, 1.54) is 0 Å². The van der Waals surface area contributed by atoms with E-state index in [4.69, 9.17) is 10.2 Å². The molecule has 0 aromatic rings. The maximum atomic E-state index is 10.3. The average Bonchev–Trinajstić information content (AvgIpc) is 1.82. The normalized spacial score (nSPS) is 9.40. The van der Waals surface area contributed by atoms with Crippen LogP contribution in [0.4, 0.5) is 0 Å². The molecule has 0 spiro atoms. The molecule has 0 atom stereocenters. The molecule has 0 saturated carbocycles. The Morgan fingerprint density at radius 2 is 1.33 bits per heavy atom. The van der Waals surface area contributed by atoms with Gasteiger partial charge in [0, 0.05) is 24.8 Å². The van der Waals surface area contributed by atoms with Crippen LogP contribution in [0.5, 0.6) is 0 Å². The molecule has 0 fully saturated rings. The van der Waals surface area contributed by atoms with Crippen LogP contribution in [0.25, 0.3) is 0 Å². The Labute approximate surface area is 114 Å². The van der Waals surface area contributed by atoms with Crippen molar-refractivity contribution in [2.75, 3.05) is 0 Å². The molecular weight excluding hydrogens is 240 g/mol. The van der Waals surface area contributed by atoms with E-state index in [1.54, 1.807) is 0 Å². The van der Waals surface area contributed by atoms with Gasteiger partial charge in [-0.2, -0.15) is 0 Å². The zero-order valence-corrected chi connectivity index (χ0v) is 9.77. The molecule has 0 unspecified atom stereocenters. The van der Waals surface area contributed by atoms with Crippen molar-refractivity contribution in [1.82, 2.24) is 0 Å².